The number of sulfonamides is 1. The minimum absolute atomic E-state index is 0.111. The van der Waals surface area contributed by atoms with E-state index in [1.807, 2.05) is 65.6 Å². The number of benzene rings is 4. The Morgan fingerprint density at radius 1 is 0.891 bits per heavy atom. The molecule has 2 amide bonds. The highest BCUT2D eigenvalue weighted by Crippen LogP contribution is 2.36. The highest BCUT2D eigenvalue weighted by molar-refractivity contribution is 7.92. The first-order valence-corrected chi connectivity index (χ1v) is 17.8. The van der Waals surface area contributed by atoms with E-state index in [4.69, 9.17) is 16.3 Å². The number of urea groups is 1. The van der Waals surface area contributed by atoms with Crippen molar-refractivity contribution in [2.24, 2.45) is 0 Å². The first-order chi connectivity index (χ1) is 22.2. The fraction of sp³-hybridized carbons (Fsp3) is 0.200. The zero-order chi connectivity index (χ0) is 32.5. The summed E-state index contributed by atoms with van der Waals surface area (Å²) in [7, 11) is -1.76. The second-order valence-corrected chi connectivity index (χ2v) is 14.1. The third-order valence-corrected chi connectivity index (χ3v) is 9.25. The van der Waals surface area contributed by atoms with Crippen molar-refractivity contribution in [1.29, 1.82) is 0 Å². The van der Waals surface area contributed by atoms with Gasteiger partial charge in [0.15, 0.2) is 5.13 Å². The fourth-order valence-electron chi connectivity index (χ4n) is 5.17. The Balaban J connectivity index is 1.34. The summed E-state index contributed by atoms with van der Waals surface area (Å²) in [6, 6.07) is 35.0. The van der Waals surface area contributed by atoms with Crippen LogP contribution in [0.3, 0.4) is 0 Å². The number of hydrogen-bond acceptors (Lipinski definition) is 6. The predicted molar refractivity (Wildman–Crippen MR) is 188 cm³/mol. The number of amides is 2. The van der Waals surface area contributed by atoms with Crippen molar-refractivity contribution >= 4 is 49.8 Å². The lowest BCUT2D eigenvalue weighted by Gasteiger charge is -2.26. The third-order valence-electron chi connectivity index (χ3n) is 7.47. The highest BCUT2D eigenvalue weighted by atomic mass is 35.5. The molecule has 0 radical (unpaired) electrons. The van der Waals surface area contributed by atoms with E-state index < -0.39 is 10.0 Å². The van der Waals surface area contributed by atoms with E-state index in [2.05, 4.69) is 39.3 Å². The second kappa shape index (κ2) is 15.3. The van der Waals surface area contributed by atoms with Gasteiger partial charge in [0.2, 0.25) is 10.0 Å². The number of nitrogens with one attached hydrogen (secondary N) is 2. The summed E-state index contributed by atoms with van der Waals surface area (Å²) in [6.07, 6.45) is 2.48. The quantitative estimate of drug-likeness (QED) is 0.131. The van der Waals surface area contributed by atoms with Crippen LogP contribution in [0.2, 0.25) is 4.34 Å². The maximum absolute atomic E-state index is 13.8. The molecule has 0 spiro atoms. The van der Waals surface area contributed by atoms with Gasteiger partial charge in [0.05, 0.1) is 13.4 Å². The van der Waals surface area contributed by atoms with Gasteiger partial charge in [-0.05, 0) is 53.8 Å². The van der Waals surface area contributed by atoms with Gasteiger partial charge in [0.1, 0.15) is 15.8 Å². The molecule has 0 saturated heterocycles. The Hall–Kier alpha value is -4.38. The molecule has 5 rings (SSSR count). The van der Waals surface area contributed by atoms with Gasteiger partial charge in [-0.15, -0.1) is 0 Å². The fourth-order valence-corrected chi connectivity index (χ4v) is 6.81. The molecule has 4 aromatic carbocycles. The molecular weight excluding hydrogens is 640 g/mol. The molecule has 0 atom stereocenters. The Labute approximate surface area is 279 Å². The molecule has 5 aromatic rings. The summed E-state index contributed by atoms with van der Waals surface area (Å²) in [6.45, 7) is 1.01. The largest absolute Gasteiger partial charge is 0.497 e. The lowest BCUT2D eigenvalue weighted by atomic mass is 9.88. The second-order valence-electron chi connectivity index (χ2n) is 10.8. The molecule has 0 unspecified atom stereocenters. The zero-order valence-electron chi connectivity index (χ0n) is 25.5. The van der Waals surface area contributed by atoms with Crippen molar-refractivity contribution < 1.29 is 17.9 Å². The number of aromatic nitrogens is 1. The highest BCUT2D eigenvalue weighted by Gasteiger charge is 2.21. The molecule has 0 aliphatic rings. The summed E-state index contributed by atoms with van der Waals surface area (Å²) in [4.78, 5) is 20.2. The van der Waals surface area contributed by atoms with Gasteiger partial charge in [0.25, 0.3) is 0 Å². The van der Waals surface area contributed by atoms with E-state index in [9.17, 15) is 13.2 Å². The normalized spacial score (nSPS) is 11.3. The van der Waals surface area contributed by atoms with Gasteiger partial charge in [0, 0.05) is 30.3 Å². The number of halogens is 1. The van der Waals surface area contributed by atoms with Crippen LogP contribution in [0, 0.1) is 0 Å². The number of rotatable bonds is 13. The molecule has 238 valence electrons. The lowest BCUT2D eigenvalue weighted by molar-refractivity contribution is 0.210. The number of thiazole rings is 1. The zero-order valence-corrected chi connectivity index (χ0v) is 27.9. The summed E-state index contributed by atoms with van der Waals surface area (Å²) < 4.78 is 31.3. The molecule has 0 aliphatic heterocycles. The number of anilines is 2. The van der Waals surface area contributed by atoms with E-state index in [-0.39, 0.29) is 11.9 Å². The van der Waals surface area contributed by atoms with Crippen LogP contribution in [0.4, 0.5) is 15.6 Å². The van der Waals surface area contributed by atoms with Crippen LogP contribution in [0.1, 0.15) is 29.0 Å². The maximum atomic E-state index is 13.8. The average Bonchev–Trinajstić information content (AvgIpc) is 3.42. The van der Waals surface area contributed by atoms with Crippen molar-refractivity contribution in [3.05, 3.63) is 130 Å². The summed E-state index contributed by atoms with van der Waals surface area (Å²) in [5.74, 6) is 0.893. The Bertz CT molecular complexity index is 1790. The molecule has 8 nitrogen and oxygen atoms in total. The predicted octanol–water partition coefficient (Wildman–Crippen LogP) is 8.14. The van der Waals surface area contributed by atoms with Crippen LogP contribution >= 0.6 is 22.9 Å². The third kappa shape index (κ3) is 9.09. The molecule has 0 aliphatic carbocycles. The number of hydrogen-bond donors (Lipinski definition) is 2. The Morgan fingerprint density at radius 2 is 1.50 bits per heavy atom. The van der Waals surface area contributed by atoms with Gasteiger partial charge in [-0.2, -0.15) is 0 Å². The topological polar surface area (TPSA) is 101 Å². The van der Waals surface area contributed by atoms with Crippen molar-refractivity contribution in [2.45, 2.75) is 18.8 Å². The van der Waals surface area contributed by atoms with Crippen LogP contribution in [0.5, 0.6) is 5.75 Å². The molecule has 1 heterocycles. The number of methoxy groups -OCH3 is 1. The molecule has 46 heavy (non-hydrogen) atoms. The van der Waals surface area contributed by atoms with Crippen LogP contribution in [0.25, 0.3) is 11.3 Å². The van der Waals surface area contributed by atoms with Gasteiger partial charge in [-0.25, -0.2) is 18.2 Å². The standard InChI is InChI=1S/C35H35ClN4O4S2/c1-44-30-19-13-25(14-20-30)21-23-40(24-22-31(26-9-5-3-6-10-26)27-11-7-4-8-12-27)35(41)38-34-37-32(33(36)45-34)28-15-17-29(18-16-28)39-46(2,42)43/h3-20,31,39H,21-24H2,1-2H3,(H,37,38,41). The molecule has 11 heteroatoms. The van der Waals surface area contributed by atoms with E-state index in [1.54, 1.807) is 31.4 Å². The first kappa shape index (κ1) is 33.0. The summed E-state index contributed by atoms with van der Waals surface area (Å²) in [5.41, 5.74) is 5.12. The van der Waals surface area contributed by atoms with Crippen molar-refractivity contribution in [2.75, 3.05) is 36.5 Å². The minimum atomic E-state index is -3.40. The van der Waals surface area contributed by atoms with Crippen molar-refractivity contribution in [3.8, 4) is 17.0 Å². The van der Waals surface area contributed by atoms with Crippen LogP contribution < -0.4 is 14.8 Å². The summed E-state index contributed by atoms with van der Waals surface area (Å²) >= 11 is 7.74. The van der Waals surface area contributed by atoms with E-state index in [1.165, 1.54) is 22.5 Å². The SMILES string of the molecule is COc1ccc(CCN(CCC(c2ccccc2)c2ccccc2)C(=O)Nc2nc(-c3ccc(NS(C)(=O)=O)cc3)c(Cl)s2)cc1. The molecule has 0 bridgehead atoms. The monoisotopic (exact) mass is 674 g/mol. The summed E-state index contributed by atoms with van der Waals surface area (Å²) in [5, 5.41) is 3.35. The number of ether oxygens (including phenoxy) is 1. The van der Waals surface area contributed by atoms with E-state index >= 15 is 0 Å². The Kier molecular flexibility index (Phi) is 11.0. The number of carbonyl (C=O) groups excluding carboxylic acids is 1. The van der Waals surface area contributed by atoms with Crippen molar-refractivity contribution in [3.63, 3.8) is 0 Å². The van der Waals surface area contributed by atoms with Crippen molar-refractivity contribution in [1.82, 2.24) is 9.88 Å². The smallest absolute Gasteiger partial charge is 0.323 e. The van der Waals surface area contributed by atoms with Crippen LogP contribution in [0.15, 0.2) is 109 Å². The molecule has 2 N–H and O–H groups in total. The lowest BCUT2D eigenvalue weighted by Crippen LogP contribution is -2.38. The number of nitrogens with zero attached hydrogens (tertiary/aromatic N) is 2. The van der Waals surface area contributed by atoms with Gasteiger partial charge < -0.3 is 9.64 Å². The minimum Gasteiger partial charge on any atom is -0.497 e. The average molecular weight is 675 g/mol. The van der Waals surface area contributed by atoms with Crippen LogP contribution in [-0.4, -0.2) is 50.8 Å². The van der Waals surface area contributed by atoms with Gasteiger partial charge in [-0.3, -0.25) is 10.0 Å². The molecule has 0 saturated carbocycles. The Morgan fingerprint density at radius 3 is 2.07 bits per heavy atom. The van der Waals surface area contributed by atoms with E-state index in [0.29, 0.717) is 45.9 Å². The van der Waals surface area contributed by atoms with Gasteiger partial charge >= 0.3 is 6.03 Å². The number of carbonyl (C=O) groups is 1. The first-order valence-electron chi connectivity index (χ1n) is 14.7. The molecule has 0 fully saturated rings. The molecule has 1 aromatic heterocycles. The van der Waals surface area contributed by atoms with Crippen LogP contribution in [-0.2, 0) is 16.4 Å². The van der Waals surface area contributed by atoms with E-state index in [0.717, 1.165) is 24.0 Å². The maximum Gasteiger partial charge on any atom is 0.323 e. The molecular formula is C35H35ClN4O4S2. The van der Waals surface area contributed by atoms with Gasteiger partial charge in [-0.1, -0.05) is 108 Å².